The van der Waals surface area contributed by atoms with Gasteiger partial charge in [-0.1, -0.05) is 48.5 Å². The van der Waals surface area contributed by atoms with Crippen LogP contribution in [0.1, 0.15) is 37.8 Å². The van der Waals surface area contributed by atoms with Gasteiger partial charge in [0.1, 0.15) is 0 Å². The van der Waals surface area contributed by atoms with Crippen LogP contribution in [0, 0.1) is 0 Å². The van der Waals surface area contributed by atoms with Gasteiger partial charge in [0.05, 0.1) is 24.0 Å². The second-order valence-corrected chi connectivity index (χ2v) is 7.81. The average Bonchev–Trinajstić information content (AvgIpc) is 2.78. The molecule has 4 rings (SSSR count). The van der Waals surface area contributed by atoms with Gasteiger partial charge < -0.3 is 15.5 Å². The van der Waals surface area contributed by atoms with E-state index in [0.29, 0.717) is 0 Å². The lowest BCUT2D eigenvalue weighted by molar-refractivity contribution is -0.120. The van der Waals surface area contributed by atoms with Crippen molar-refractivity contribution in [1.29, 1.82) is 0 Å². The van der Waals surface area contributed by atoms with E-state index in [0.717, 1.165) is 24.3 Å². The summed E-state index contributed by atoms with van der Waals surface area (Å²) in [6.07, 6.45) is 3.78. The summed E-state index contributed by atoms with van der Waals surface area (Å²) in [5, 5.41) is 8.87. The van der Waals surface area contributed by atoms with Crippen LogP contribution in [0.3, 0.4) is 0 Å². The number of para-hydroxylation sites is 2. The van der Waals surface area contributed by atoms with Crippen molar-refractivity contribution in [3.63, 3.8) is 0 Å². The summed E-state index contributed by atoms with van der Waals surface area (Å²) in [5.41, 5.74) is 3.34. The Balaban J connectivity index is 1.37. The SMILES string of the molecule is C[C@@H](NC(=O)CNc1ccccc1N1CCCCC1)c1ccc2ccccc2c1. The van der Waals surface area contributed by atoms with Gasteiger partial charge in [0.2, 0.25) is 5.91 Å². The molecule has 0 aromatic heterocycles. The summed E-state index contributed by atoms with van der Waals surface area (Å²) < 4.78 is 0. The molecule has 2 N–H and O–H groups in total. The fourth-order valence-electron chi connectivity index (χ4n) is 4.06. The Morgan fingerprint density at radius 3 is 2.48 bits per heavy atom. The van der Waals surface area contributed by atoms with Crippen molar-refractivity contribution in [3.8, 4) is 0 Å². The number of fused-ring (bicyclic) bond motifs is 1. The molecular formula is C25H29N3O. The zero-order valence-corrected chi connectivity index (χ0v) is 17.0. The zero-order valence-electron chi connectivity index (χ0n) is 17.0. The van der Waals surface area contributed by atoms with Gasteiger partial charge >= 0.3 is 0 Å². The third kappa shape index (κ3) is 4.70. The number of piperidine rings is 1. The first-order valence-corrected chi connectivity index (χ1v) is 10.6. The number of nitrogens with zero attached hydrogens (tertiary/aromatic N) is 1. The van der Waals surface area contributed by atoms with Crippen LogP contribution in [0.4, 0.5) is 11.4 Å². The van der Waals surface area contributed by atoms with Gasteiger partial charge in [-0.3, -0.25) is 4.79 Å². The van der Waals surface area contributed by atoms with E-state index in [9.17, 15) is 4.79 Å². The normalized spacial score (nSPS) is 15.1. The quantitative estimate of drug-likeness (QED) is 0.617. The van der Waals surface area contributed by atoms with Crippen molar-refractivity contribution in [2.75, 3.05) is 29.9 Å². The number of rotatable bonds is 6. The fraction of sp³-hybridized carbons (Fsp3) is 0.320. The van der Waals surface area contributed by atoms with Crippen molar-refractivity contribution >= 4 is 28.1 Å². The molecule has 1 saturated heterocycles. The molecule has 1 heterocycles. The molecule has 1 aliphatic heterocycles. The molecule has 0 spiro atoms. The van der Waals surface area contributed by atoms with E-state index in [1.165, 1.54) is 35.7 Å². The molecule has 0 unspecified atom stereocenters. The Kier molecular flexibility index (Phi) is 5.99. The maximum Gasteiger partial charge on any atom is 0.239 e. The van der Waals surface area contributed by atoms with Gasteiger partial charge in [0.25, 0.3) is 0 Å². The molecule has 4 nitrogen and oxygen atoms in total. The Morgan fingerprint density at radius 2 is 1.66 bits per heavy atom. The highest BCUT2D eigenvalue weighted by atomic mass is 16.1. The van der Waals surface area contributed by atoms with Gasteiger partial charge in [0, 0.05) is 13.1 Å². The smallest absolute Gasteiger partial charge is 0.239 e. The van der Waals surface area contributed by atoms with Crippen LogP contribution in [-0.4, -0.2) is 25.5 Å². The fourth-order valence-corrected chi connectivity index (χ4v) is 4.06. The summed E-state index contributed by atoms with van der Waals surface area (Å²) in [7, 11) is 0. The summed E-state index contributed by atoms with van der Waals surface area (Å²) in [4.78, 5) is 15.0. The first-order valence-electron chi connectivity index (χ1n) is 10.6. The van der Waals surface area contributed by atoms with E-state index in [1.807, 2.05) is 25.1 Å². The topological polar surface area (TPSA) is 44.4 Å². The van der Waals surface area contributed by atoms with Crippen LogP contribution in [0.2, 0.25) is 0 Å². The number of amides is 1. The van der Waals surface area contributed by atoms with E-state index in [-0.39, 0.29) is 18.5 Å². The third-order valence-electron chi connectivity index (χ3n) is 5.69. The van der Waals surface area contributed by atoms with E-state index < -0.39 is 0 Å². The Labute approximate surface area is 172 Å². The van der Waals surface area contributed by atoms with Crippen molar-refractivity contribution in [1.82, 2.24) is 5.32 Å². The van der Waals surface area contributed by atoms with Gasteiger partial charge in [-0.05, 0) is 60.7 Å². The molecule has 0 saturated carbocycles. The van der Waals surface area contributed by atoms with Gasteiger partial charge in [-0.2, -0.15) is 0 Å². The van der Waals surface area contributed by atoms with Crippen LogP contribution >= 0.6 is 0 Å². The highest BCUT2D eigenvalue weighted by molar-refractivity contribution is 5.85. The maximum absolute atomic E-state index is 12.6. The number of carbonyl (C=O) groups is 1. The second kappa shape index (κ2) is 8.99. The maximum atomic E-state index is 12.6. The van der Waals surface area contributed by atoms with Gasteiger partial charge in [-0.15, -0.1) is 0 Å². The number of hydrogen-bond acceptors (Lipinski definition) is 3. The number of benzene rings is 3. The van der Waals surface area contributed by atoms with Crippen LogP contribution < -0.4 is 15.5 Å². The summed E-state index contributed by atoms with van der Waals surface area (Å²) in [5.74, 6) is -0.000828. The number of hydrogen-bond donors (Lipinski definition) is 2. The molecule has 0 aliphatic carbocycles. The molecule has 0 radical (unpaired) electrons. The summed E-state index contributed by atoms with van der Waals surface area (Å²) in [6, 6.07) is 22.9. The monoisotopic (exact) mass is 387 g/mol. The van der Waals surface area contributed by atoms with E-state index in [2.05, 4.69) is 64.1 Å². The first kappa shape index (κ1) is 19.3. The molecule has 1 aliphatic rings. The van der Waals surface area contributed by atoms with E-state index in [1.54, 1.807) is 0 Å². The summed E-state index contributed by atoms with van der Waals surface area (Å²) >= 11 is 0. The first-order chi connectivity index (χ1) is 14.2. The largest absolute Gasteiger partial charge is 0.374 e. The zero-order chi connectivity index (χ0) is 20.1. The minimum atomic E-state index is -0.0359. The molecule has 1 fully saturated rings. The third-order valence-corrected chi connectivity index (χ3v) is 5.69. The van der Waals surface area contributed by atoms with Crippen LogP contribution in [0.5, 0.6) is 0 Å². The Morgan fingerprint density at radius 1 is 0.931 bits per heavy atom. The van der Waals surface area contributed by atoms with Crippen molar-refractivity contribution in [3.05, 3.63) is 72.3 Å². The van der Waals surface area contributed by atoms with E-state index >= 15 is 0 Å². The van der Waals surface area contributed by atoms with Crippen LogP contribution in [-0.2, 0) is 4.79 Å². The molecular weight excluding hydrogens is 358 g/mol. The number of carbonyl (C=O) groups excluding carboxylic acids is 1. The minimum absolute atomic E-state index is 0.000828. The second-order valence-electron chi connectivity index (χ2n) is 7.81. The lowest BCUT2D eigenvalue weighted by Crippen LogP contribution is -2.33. The van der Waals surface area contributed by atoms with Crippen molar-refractivity contribution in [2.45, 2.75) is 32.2 Å². The predicted molar refractivity (Wildman–Crippen MR) is 122 cm³/mol. The predicted octanol–water partition coefficient (Wildman–Crippen LogP) is 5.12. The number of nitrogens with one attached hydrogen (secondary N) is 2. The molecule has 4 heteroatoms. The molecule has 1 atom stereocenters. The number of anilines is 2. The molecule has 150 valence electrons. The summed E-state index contributed by atoms with van der Waals surface area (Å²) in [6.45, 7) is 4.47. The lowest BCUT2D eigenvalue weighted by atomic mass is 10.0. The molecule has 3 aromatic rings. The van der Waals surface area contributed by atoms with Gasteiger partial charge in [0.15, 0.2) is 0 Å². The highest BCUT2D eigenvalue weighted by Crippen LogP contribution is 2.28. The van der Waals surface area contributed by atoms with Crippen molar-refractivity contribution < 1.29 is 4.79 Å². The van der Waals surface area contributed by atoms with Crippen LogP contribution in [0.15, 0.2) is 66.7 Å². The molecule has 3 aromatic carbocycles. The van der Waals surface area contributed by atoms with E-state index in [4.69, 9.17) is 0 Å². The van der Waals surface area contributed by atoms with Crippen LogP contribution in [0.25, 0.3) is 10.8 Å². The standard InChI is InChI=1S/C25H29N3O/c1-19(21-14-13-20-9-3-4-10-22(20)17-21)27-25(29)18-26-23-11-5-6-12-24(23)28-15-7-2-8-16-28/h3-6,9-14,17,19,26H,2,7-8,15-16,18H2,1H3,(H,27,29)/t19-/m1/s1. The van der Waals surface area contributed by atoms with Crippen molar-refractivity contribution in [2.24, 2.45) is 0 Å². The average molecular weight is 388 g/mol. The minimum Gasteiger partial charge on any atom is -0.374 e. The highest BCUT2D eigenvalue weighted by Gasteiger charge is 2.15. The Hall–Kier alpha value is -3.01. The van der Waals surface area contributed by atoms with Gasteiger partial charge in [-0.25, -0.2) is 0 Å². The Bertz CT molecular complexity index is 978. The molecule has 1 amide bonds. The molecule has 29 heavy (non-hydrogen) atoms. The molecule has 0 bridgehead atoms. The lowest BCUT2D eigenvalue weighted by Gasteiger charge is -2.30.